The van der Waals surface area contributed by atoms with Gasteiger partial charge in [-0.05, 0) is 101 Å². The van der Waals surface area contributed by atoms with Gasteiger partial charge in [-0.1, -0.05) is 26.8 Å². The molecule has 0 bridgehead atoms. The van der Waals surface area contributed by atoms with Gasteiger partial charge in [0.05, 0.1) is 48.1 Å². The second kappa shape index (κ2) is 22.4. The maximum atomic E-state index is 14.4. The summed E-state index contributed by atoms with van der Waals surface area (Å²) in [5.74, 6) is -2.55. The Labute approximate surface area is 354 Å². The summed E-state index contributed by atoms with van der Waals surface area (Å²) in [5, 5.41) is 47.7. The summed E-state index contributed by atoms with van der Waals surface area (Å²) in [6.07, 6.45) is -4.97. The number of methoxy groups -OCH3 is 1. The molecule has 0 saturated carbocycles. The maximum Gasteiger partial charge on any atom is 0.311 e. The Kier molecular flexibility index (Phi) is 19.7. The first-order valence-corrected chi connectivity index (χ1v) is 21.8. The second-order valence-electron chi connectivity index (χ2n) is 18.7. The van der Waals surface area contributed by atoms with Crippen LogP contribution in [0.2, 0.25) is 0 Å². The Bertz CT molecular complexity index is 1290. The lowest BCUT2D eigenvalue weighted by atomic mass is 9.77. The molecule has 0 amide bonds. The molecule has 15 heteroatoms. The van der Waals surface area contributed by atoms with E-state index >= 15 is 0 Å². The fourth-order valence-corrected chi connectivity index (χ4v) is 9.57. The summed E-state index contributed by atoms with van der Waals surface area (Å²) < 4.78 is 50.6. The third-order valence-corrected chi connectivity index (χ3v) is 13.1. The molecule has 0 radical (unpaired) electrons. The summed E-state index contributed by atoms with van der Waals surface area (Å²) in [6, 6.07) is -0.811. The monoisotopic (exact) mass is 847 g/mol. The average molecular weight is 847 g/mol. The molecule has 15 nitrogen and oxygen atoms in total. The van der Waals surface area contributed by atoms with E-state index in [1.165, 1.54) is 6.92 Å². The molecule has 0 aromatic rings. The van der Waals surface area contributed by atoms with Crippen molar-refractivity contribution in [3.8, 4) is 0 Å². The van der Waals surface area contributed by atoms with E-state index in [1.807, 2.05) is 72.5 Å². The minimum absolute atomic E-state index is 0.143. The highest BCUT2D eigenvalue weighted by molar-refractivity contribution is 5.73. The zero-order valence-electron chi connectivity index (χ0n) is 38.7. The summed E-state index contributed by atoms with van der Waals surface area (Å²) in [4.78, 5) is 18.3. The average Bonchev–Trinajstić information content (AvgIpc) is 3.16. The quantitative estimate of drug-likeness (QED) is 0.113. The molecule has 3 fully saturated rings. The van der Waals surface area contributed by atoms with Gasteiger partial charge in [-0.3, -0.25) is 4.79 Å². The van der Waals surface area contributed by atoms with Gasteiger partial charge in [0.2, 0.25) is 0 Å². The van der Waals surface area contributed by atoms with E-state index in [0.29, 0.717) is 39.2 Å². The second-order valence-corrected chi connectivity index (χ2v) is 18.7. The molecule has 0 aromatic carbocycles. The van der Waals surface area contributed by atoms with Gasteiger partial charge in [-0.15, -0.1) is 6.58 Å². The molecular weight excluding hydrogens is 764 g/mol. The van der Waals surface area contributed by atoms with E-state index in [0.717, 1.165) is 0 Å². The van der Waals surface area contributed by atoms with E-state index in [9.17, 15) is 25.2 Å². The molecule has 3 aliphatic rings. The molecule has 59 heavy (non-hydrogen) atoms. The van der Waals surface area contributed by atoms with Gasteiger partial charge in [-0.25, -0.2) is 0 Å². The molecule has 3 aliphatic heterocycles. The van der Waals surface area contributed by atoms with Crippen LogP contribution in [0.3, 0.4) is 0 Å². The number of esters is 1. The lowest BCUT2D eigenvalue weighted by Crippen LogP contribution is -2.61. The SMILES string of the molecule is C=CCOCCCO[C@H]1[C@H](C)O[C@@H](O[C@H]2[C@H](C)[C@@H](O[C@@H]3O[C@H](C)C[C@H](N(C)C)[C@H]3O)[C@](C)(O)C[C@@H](C)CN(C)[C@H](C)[C@@H](O)[C@](C)(O)[C@@H](CC)OC(=O)[C@@H]2C)C[C@@]1(C)OC. The molecular formula is C44H82N2O13. The van der Waals surface area contributed by atoms with Crippen molar-refractivity contribution < 1.29 is 63.1 Å². The van der Waals surface area contributed by atoms with Gasteiger partial charge in [0.25, 0.3) is 0 Å². The number of aliphatic hydroxyl groups is 4. The fourth-order valence-electron chi connectivity index (χ4n) is 9.57. The van der Waals surface area contributed by atoms with Crippen molar-refractivity contribution in [2.45, 2.75) is 192 Å². The number of hydrogen-bond acceptors (Lipinski definition) is 15. The summed E-state index contributed by atoms with van der Waals surface area (Å²) in [5.41, 5.74) is -4.21. The lowest BCUT2D eigenvalue weighted by Gasteiger charge is -2.49. The van der Waals surface area contributed by atoms with Gasteiger partial charge >= 0.3 is 5.97 Å². The smallest absolute Gasteiger partial charge is 0.311 e. The first-order chi connectivity index (χ1) is 27.4. The van der Waals surface area contributed by atoms with E-state index < -0.39 is 96.0 Å². The van der Waals surface area contributed by atoms with E-state index in [2.05, 4.69) is 6.58 Å². The number of nitrogens with zero attached hydrogens (tertiary/aromatic N) is 2. The number of cyclic esters (lactones) is 1. The normalized spacial score (nSPS) is 45.1. The van der Waals surface area contributed by atoms with Crippen LogP contribution in [0.15, 0.2) is 12.7 Å². The van der Waals surface area contributed by atoms with Crippen molar-refractivity contribution in [3.05, 3.63) is 12.7 Å². The molecule has 0 aliphatic carbocycles. The van der Waals surface area contributed by atoms with Gasteiger partial charge in [0.1, 0.15) is 30.0 Å². The molecule has 4 N–H and O–H groups in total. The van der Waals surface area contributed by atoms with Crippen LogP contribution in [0.1, 0.15) is 101 Å². The van der Waals surface area contributed by atoms with Crippen molar-refractivity contribution in [2.75, 3.05) is 54.6 Å². The minimum Gasteiger partial charge on any atom is -0.459 e. The predicted molar refractivity (Wildman–Crippen MR) is 224 cm³/mol. The Balaban J connectivity index is 2.11. The number of ether oxygens (including phenoxy) is 8. The van der Waals surface area contributed by atoms with Crippen molar-refractivity contribution in [1.82, 2.24) is 9.80 Å². The molecule has 18 atom stereocenters. The Hall–Kier alpha value is -1.31. The van der Waals surface area contributed by atoms with Crippen molar-refractivity contribution in [1.29, 1.82) is 0 Å². The van der Waals surface area contributed by atoms with Crippen LogP contribution < -0.4 is 0 Å². The highest BCUT2D eigenvalue weighted by atomic mass is 16.7. The largest absolute Gasteiger partial charge is 0.459 e. The number of aliphatic hydroxyl groups excluding tert-OH is 2. The Morgan fingerprint density at radius 1 is 0.983 bits per heavy atom. The first kappa shape index (κ1) is 52.0. The molecule has 3 rings (SSSR count). The topological polar surface area (TPSA) is 178 Å². The predicted octanol–water partition coefficient (Wildman–Crippen LogP) is 3.52. The number of carbonyl (C=O) groups is 1. The van der Waals surface area contributed by atoms with E-state index in [1.54, 1.807) is 34.0 Å². The Morgan fingerprint density at radius 3 is 2.24 bits per heavy atom. The van der Waals surface area contributed by atoms with Crippen molar-refractivity contribution in [3.63, 3.8) is 0 Å². The van der Waals surface area contributed by atoms with Crippen molar-refractivity contribution in [2.24, 2.45) is 17.8 Å². The molecule has 0 aromatic heterocycles. The van der Waals surface area contributed by atoms with Crippen LogP contribution in [-0.4, -0.2) is 181 Å². The third-order valence-electron chi connectivity index (χ3n) is 13.1. The first-order valence-electron chi connectivity index (χ1n) is 21.8. The molecule has 3 heterocycles. The summed E-state index contributed by atoms with van der Waals surface area (Å²) in [6.45, 7) is 23.6. The number of rotatable bonds is 14. The highest BCUT2D eigenvalue weighted by Crippen LogP contribution is 2.41. The third kappa shape index (κ3) is 13.1. The van der Waals surface area contributed by atoms with Crippen molar-refractivity contribution >= 4 is 5.97 Å². The van der Waals surface area contributed by atoms with E-state index in [-0.39, 0.29) is 37.3 Å². The standard InChI is InChI=1S/C44H82N2O13/c1-16-19-53-20-18-21-54-39-31(8)56-34(24-43(39,10)52-15)58-36-28(5)38(59-41-35(47)32(45(12)13)22-27(4)55-41)42(9,50)23-26(3)25-46(14)30(7)37(48)44(11,51)33(17-2)57-40(49)29(36)6/h16,26-39,41,47-48,50-51H,1,17-25H2,2-15H3/t26-,27-,28+,29-,30-,31+,32+,33-,34+,35-,36+,37-,38-,39+,41+,42-,43-,44-/m1/s1. The molecule has 0 spiro atoms. The minimum atomic E-state index is -1.80. The van der Waals surface area contributed by atoms with Crippen LogP contribution in [0.4, 0.5) is 0 Å². The van der Waals surface area contributed by atoms with Gasteiger partial charge in [0, 0.05) is 51.3 Å². The fraction of sp³-hybridized carbons (Fsp3) is 0.932. The van der Waals surface area contributed by atoms with Crippen LogP contribution in [0, 0.1) is 17.8 Å². The lowest BCUT2D eigenvalue weighted by molar-refractivity contribution is -0.320. The highest BCUT2D eigenvalue weighted by Gasteiger charge is 2.53. The Morgan fingerprint density at radius 2 is 1.64 bits per heavy atom. The number of carbonyl (C=O) groups excluding carboxylic acids is 1. The zero-order valence-corrected chi connectivity index (χ0v) is 38.7. The molecule has 3 saturated heterocycles. The van der Waals surface area contributed by atoms with Crippen LogP contribution in [0.25, 0.3) is 0 Å². The van der Waals surface area contributed by atoms with E-state index in [4.69, 9.17) is 37.9 Å². The number of likely N-dealkylation sites (N-methyl/N-ethyl adjacent to an activating group) is 2. The van der Waals surface area contributed by atoms with Crippen LogP contribution in [0.5, 0.6) is 0 Å². The summed E-state index contributed by atoms with van der Waals surface area (Å²) >= 11 is 0. The maximum absolute atomic E-state index is 14.4. The summed E-state index contributed by atoms with van der Waals surface area (Å²) in [7, 11) is 7.26. The zero-order chi connectivity index (χ0) is 44.6. The molecule has 0 unspecified atom stereocenters. The van der Waals surface area contributed by atoms with Gasteiger partial charge in [0.15, 0.2) is 12.6 Å². The van der Waals surface area contributed by atoms with Crippen LogP contribution >= 0.6 is 0 Å². The van der Waals surface area contributed by atoms with Gasteiger partial charge < -0.3 is 68.1 Å². The van der Waals surface area contributed by atoms with Gasteiger partial charge in [-0.2, -0.15) is 0 Å². The molecule has 346 valence electrons. The number of hydrogen-bond donors (Lipinski definition) is 4. The van der Waals surface area contributed by atoms with Crippen LogP contribution in [-0.2, 0) is 42.7 Å².